The van der Waals surface area contributed by atoms with E-state index in [-0.39, 0.29) is 5.56 Å². The van der Waals surface area contributed by atoms with Crippen LogP contribution < -0.4 is 11.3 Å². The van der Waals surface area contributed by atoms with Crippen LogP contribution in [0.3, 0.4) is 0 Å². The van der Waals surface area contributed by atoms with E-state index in [0.29, 0.717) is 6.54 Å². The summed E-state index contributed by atoms with van der Waals surface area (Å²) < 4.78 is 1.40. The quantitative estimate of drug-likeness (QED) is 0.671. The zero-order chi connectivity index (χ0) is 9.19. The van der Waals surface area contributed by atoms with Crippen molar-refractivity contribution < 1.29 is 0 Å². The van der Waals surface area contributed by atoms with Crippen LogP contribution in [0, 0.1) is 0 Å². The van der Waals surface area contributed by atoms with E-state index in [1.54, 1.807) is 12.3 Å². The molecule has 4 heteroatoms. The molecule has 1 heterocycles. The maximum Gasteiger partial charge on any atom is 0.267 e. The molecular weight excluding hydrogens is 154 g/mol. The summed E-state index contributed by atoms with van der Waals surface area (Å²) in [6.07, 6.45) is 1.58. The van der Waals surface area contributed by atoms with Gasteiger partial charge in [0, 0.05) is 18.8 Å². The predicted octanol–water partition coefficient (Wildman–Crippen LogP) is -0.0629. The second-order valence-corrected chi connectivity index (χ2v) is 3.29. The molecule has 0 unspecified atom stereocenters. The fourth-order valence-electron chi connectivity index (χ4n) is 0.899. The van der Waals surface area contributed by atoms with Crippen LogP contribution in [0.5, 0.6) is 0 Å². The first-order valence-corrected chi connectivity index (χ1v) is 3.83. The minimum Gasteiger partial charge on any atom is -0.328 e. The van der Waals surface area contributed by atoms with E-state index in [4.69, 9.17) is 5.73 Å². The standard InChI is InChI=1S/C8H13N3O/c1-8(2,6-9)11-7(12)4-3-5-10-11/h3-5H,6,9H2,1-2H3. The second-order valence-electron chi connectivity index (χ2n) is 3.29. The van der Waals surface area contributed by atoms with Crippen molar-refractivity contribution in [2.75, 3.05) is 6.54 Å². The van der Waals surface area contributed by atoms with Crippen LogP contribution in [0.1, 0.15) is 13.8 Å². The average Bonchev–Trinajstić information content (AvgIpc) is 2.05. The molecule has 0 amide bonds. The Morgan fingerprint density at radius 1 is 1.67 bits per heavy atom. The third-order valence-electron chi connectivity index (χ3n) is 1.79. The Balaban J connectivity index is 3.20. The summed E-state index contributed by atoms with van der Waals surface area (Å²) in [6.45, 7) is 4.15. The fourth-order valence-corrected chi connectivity index (χ4v) is 0.899. The lowest BCUT2D eigenvalue weighted by atomic mass is 10.1. The van der Waals surface area contributed by atoms with Crippen molar-refractivity contribution >= 4 is 0 Å². The number of rotatable bonds is 2. The van der Waals surface area contributed by atoms with E-state index in [9.17, 15) is 4.79 Å². The van der Waals surface area contributed by atoms with E-state index in [2.05, 4.69) is 5.10 Å². The smallest absolute Gasteiger partial charge is 0.267 e. The predicted molar refractivity (Wildman–Crippen MR) is 46.9 cm³/mol. The van der Waals surface area contributed by atoms with Crippen LogP contribution in [0.4, 0.5) is 0 Å². The largest absolute Gasteiger partial charge is 0.328 e. The van der Waals surface area contributed by atoms with Gasteiger partial charge in [-0.3, -0.25) is 4.79 Å². The highest BCUT2D eigenvalue weighted by Gasteiger charge is 2.19. The van der Waals surface area contributed by atoms with Crippen molar-refractivity contribution in [1.29, 1.82) is 0 Å². The lowest BCUT2D eigenvalue weighted by molar-refractivity contribution is 0.314. The van der Waals surface area contributed by atoms with E-state index in [1.165, 1.54) is 10.7 Å². The maximum atomic E-state index is 11.3. The first kappa shape index (κ1) is 8.93. The van der Waals surface area contributed by atoms with Crippen LogP contribution in [-0.2, 0) is 5.54 Å². The molecule has 0 spiro atoms. The zero-order valence-corrected chi connectivity index (χ0v) is 7.32. The molecule has 0 saturated carbocycles. The lowest BCUT2D eigenvalue weighted by Gasteiger charge is -2.23. The third-order valence-corrected chi connectivity index (χ3v) is 1.79. The lowest BCUT2D eigenvalue weighted by Crippen LogP contribution is -2.43. The van der Waals surface area contributed by atoms with Crippen molar-refractivity contribution in [3.63, 3.8) is 0 Å². The van der Waals surface area contributed by atoms with E-state index < -0.39 is 5.54 Å². The average molecular weight is 167 g/mol. The SMILES string of the molecule is CC(C)(CN)n1ncccc1=O. The Morgan fingerprint density at radius 3 is 2.83 bits per heavy atom. The molecule has 0 fully saturated rings. The highest BCUT2D eigenvalue weighted by atomic mass is 16.1. The molecule has 0 radical (unpaired) electrons. The monoisotopic (exact) mass is 167 g/mol. The Kier molecular flexibility index (Phi) is 2.28. The molecule has 0 bridgehead atoms. The van der Waals surface area contributed by atoms with Gasteiger partial charge in [-0.2, -0.15) is 5.10 Å². The van der Waals surface area contributed by atoms with Gasteiger partial charge in [-0.05, 0) is 19.9 Å². The number of aromatic nitrogens is 2. The zero-order valence-electron chi connectivity index (χ0n) is 7.32. The van der Waals surface area contributed by atoms with Crippen LogP contribution in [0.2, 0.25) is 0 Å². The van der Waals surface area contributed by atoms with Gasteiger partial charge in [0.2, 0.25) is 0 Å². The summed E-state index contributed by atoms with van der Waals surface area (Å²) in [5, 5.41) is 3.94. The first-order chi connectivity index (χ1) is 5.58. The summed E-state index contributed by atoms with van der Waals surface area (Å²) in [6, 6.07) is 3.09. The van der Waals surface area contributed by atoms with Crippen LogP contribution in [-0.4, -0.2) is 16.3 Å². The van der Waals surface area contributed by atoms with E-state index in [1.807, 2.05) is 13.8 Å². The van der Waals surface area contributed by atoms with Gasteiger partial charge in [-0.15, -0.1) is 0 Å². The molecule has 12 heavy (non-hydrogen) atoms. The van der Waals surface area contributed by atoms with Gasteiger partial charge in [0.1, 0.15) is 0 Å². The van der Waals surface area contributed by atoms with Gasteiger partial charge in [0.25, 0.3) is 5.56 Å². The van der Waals surface area contributed by atoms with Gasteiger partial charge in [-0.25, -0.2) is 4.68 Å². The molecule has 2 N–H and O–H groups in total. The van der Waals surface area contributed by atoms with Crippen molar-refractivity contribution in [1.82, 2.24) is 9.78 Å². The van der Waals surface area contributed by atoms with Gasteiger partial charge in [0.15, 0.2) is 0 Å². The fraction of sp³-hybridized carbons (Fsp3) is 0.500. The minimum absolute atomic E-state index is 0.118. The number of hydrogen-bond acceptors (Lipinski definition) is 3. The molecule has 0 aliphatic rings. The summed E-state index contributed by atoms with van der Waals surface area (Å²) in [5.41, 5.74) is 4.99. The molecule has 66 valence electrons. The highest BCUT2D eigenvalue weighted by Crippen LogP contribution is 2.06. The van der Waals surface area contributed by atoms with Crippen molar-refractivity contribution in [3.8, 4) is 0 Å². The van der Waals surface area contributed by atoms with Gasteiger partial charge < -0.3 is 5.73 Å². The van der Waals surface area contributed by atoms with Crippen molar-refractivity contribution in [2.24, 2.45) is 5.73 Å². The number of nitrogens with zero attached hydrogens (tertiary/aromatic N) is 2. The molecule has 4 nitrogen and oxygen atoms in total. The Morgan fingerprint density at radius 2 is 2.33 bits per heavy atom. The number of hydrogen-bond donors (Lipinski definition) is 1. The van der Waals surface area contributed by atoms with E-state index in [0.717, 1.165) is 0 Å². The van der Waals surface area contributed by atoms with Crippen molar-refractivity contribution in [2.45, 2.75) is 19.4 Å². The Labute approximate surface area is 71.0 Å². The molecule has 0 aromatic carbocycles. The molecule has 0 aliphatic carbocycles. The second kappa shape index (κ2) is 3.06. The maximum absolute atomic E-state index is 11.3. The summed E-state index contributed by atoms with van der Waals surface area (Å²) in [4.78, 5) is 11.3. The highest BCUT2D eigenvalue weighted by molar-refractivity contribution is 4.89. The van der Waals surface area contributed by atoms with Crippen LogP contribution in [0.25, 0.3) is 0 Å². The number of nitrogens with two attached hydrogens (primary N) is 1. The van der Waals surface area contributed by atoms with Gasteiger partial charge in [-0.1, -0.05) is 0 Å². The summed E-state index contributed by atoms with van der Waals surface area (Å²) >= 11 is 0. The molecule has 1 rings (SSSR count). The topological polar surface area (TPSA) is 60.9 Å². The molecular formula is C8H13N3O. The van der Waals surface area contributed by atoms with Gasteiger partial charge in [0.05, 0.1) is 5.54 Å². The third kappa shape index (κ3) is 1.53. The molecule has 1 aromatic rings. The van der Waals surface area contributed by atoms with Crippen LogP contribution >= 0.6 is 0 Å². The molecule has 0 aliphatic heterocycles. The summed E-state index contributed by atoms with van der Waals surface area (Å²) in [5.74, 6) is 0. The first-order valence-electron chi connectivity index (χ1n) is 3.83. The van der Waals surface area contributed by atoms with E-state index >= 15 is 0 Å². The Bertz CT molecular complexity index is 316. The molecule has 0 saturated heterocycles. The molecule has 0 atom stereocenters. The minimum atomic E-state index is -0.404. The molecule has 1 aromatic heterocycles. The van der Waals surface area contributed by atoms with Gasteiger partial charge >= 0.3 is 0 Å². The van der Waals surface area contributed by atoms with Crippen LogP contribution in [0.15, 0.2) is 23.1 Å². The van der Waals surface area contributed by atoms with Crippen molar-refractivity contribution in [3.05, 3.63) is 28.7 Å². The summed E-state index contributed by atoms with van der Waals surface area (Å²) in [7, 11) is 0. The Hall–Kier alpha value is -1.16. The normalized spacial score (nSPS) is 11.6.